The van der Waals surface area contributed by atoms with Crippen molar-refractivity contribution in [3.05, 3.63) is 25.7 Å². The topological polar surface area (TPSA) is 76.9 Å². The van der Waals surface area contributed by atoms with Gasteiger partial charge in [0, 0.05) is 30.5 Å². The van der Waals surface area contributed by atoms with E-state index in [1.807, 2.05) is 6.92 Å². The van der Waals surface area contributed by atoms with Gasteiger partial charge in [-0.1, -0.05) is 42.4 Å². The lowest BCUT2D eigenvalue weighted by atomic mass is 10.2. The highest BCUT2D eigenvalue weighted by Crippen LogP contribution is 2.17. The summed E-state index contributed by atoms with van der Waals surface area (Å²) in [5, 5.41) is 14.1. The van der Waals surface area contributed by atoms with Crippen LogP contribution in [0.1, 0.15) is 43.3 Å². The summed E-state index contributed by atoms with van der Waals surface area (Å²) in [6.45, 7) is 4.41. The van der Waals surface area contributed by atoms with Crippen LogP contribution in [0.15, 0.2) is 10.2 Å². The SMILES string of the molecule is CCCCCc1nnc(NC(=O)CCn2c(C)csc2=O)s1. The predicted octanol–water partition coefficient (Wildman–Crippen LogP) is 2.83. The molecule has 2 aromatic heterocycles. The molecule has 0 radical (unpaired) electrons. The van der Waals surface area contributed by atoms with Gasteiger partial charge in [-0.05, 0) is 13.3 Å². The summed E-state index contributed by atoms with van der Waals surface area (Å²) in [4.78, 5) is 23.5. The molecule has 2 aromatic rings. The Bertz CT molecular complexity index is 674. The number of aromatic nitrogens is 3. The largest absolute Gasteiger partial charge is 0.307 e. The molecule has 0 atom stereocenters. The van der Waals surface area contributed by atoms with Gasteiger partial charge in [0.25, 0.3) is 0 Å². The highest BCUT2D eigenvalue weighted by molar-refractivity contribution is 7.15. The van der Waals surface area contributed by atoms with Crippen LogP contribution in [0.5, 0.6) is 0 Å². The molecule has 6 nitrogen and oxygen atoms in total. The van der Waals surface area contributed by atoms with Crippen molar-refractivity contribution in [2.45, 2.75) is 52.5 Å². The monoisotopic (exact) mass is 340 g/mol. The number of nitrogens with zero attached hydrogens (tertiary/aromatic N) is 3. The molecule has 0 aromatic carbocycles. The van der Waals surface area contributed by atoms with Crippen LogP contribution in [0.4, 0.5) is 5.13 Å². The van der Waals surface area contributed by atoms with E-state index < -0.39 is 0 Å². The van der Waals surface area contributed by atoms with E-state index in [1.165, 1.54) is 24.2 Å². The molecule has 120 valence electrons. The molecular formula is C14H20N4O2S2. The average molecular weight is 340 g/mol. The quantitative estimate of drug-likeness (QED) is 0.750. The number of aryl methyl sites for hydroxylation is 2. The highest BCUT2D eigenvalue weighted by Gasteiger charge is 2.10. The van der Waals surface area contributed by atoms with Crippen LogP contribution in [0.2, 0.25) is 0 Å². The average Bonchev–Trinajstić information content (AvgIpc) is 3.05. The number of carbonyl (C=O) groups excluding carboxylic acids is 1. The minimum absolute atomic E-state index is 0.0283. The lowest BCUT2D eigenvalue weighted by Gasteiger charge is -2.03. The van der Waals surface area contributed by atoms with Crippen LogP contribution in [0, 0.1) is 6.92 Å². The second-order valence-electron chi connectivity index (χ2n) is 5.05. The summed E-state index contributed by atoms with van der Waals surface area (Å²) in [5.41, 5.74) is 0.886. The Kier molecular flexibility index (Phi) is 6.26. The molecule has 0 aliphatic rings. The summed E-state index contributed by atoms with van der Waals surface area (Å²) >= 11 is 2.58. The third-order valence-electron chi connectivity index (χ3n) is 3.25. The summed E-state index contributed by atoms with van der Waals surface area (Å²) in [6.07, 6.45) is 4.60. The lowest BCUT2D eigenvalue weighted by molar-refractivity contribution is -0.116. The van der Waals surface area contributed by atoms with Crippen LogP contribution in [0.25, 0.3) is 0 Å². The van der Waals surface area contributed by atoms with Gasteiger partial charge in [-0.25, -0.2) is 0 Å². The third-order valence-corrected chi connectivity index (χ3v) is 5.03. The summed E-state index contributed by atoms with van der Waals surface area (Å²) in [5.74, 6) is -0.145. The highest BCUT2D eigenvalue weighted by atomic mass is 32.1. The second-order valence-corrected chi connectivity index (χ2v) is 6.93. The zero-order valence-electron chi connectivity index (χ0n) is 12.8. The molecule has 0 saturated carbocycles. The fourth-order valence-electron chi connectivity index (χ4n) is 2.00. The maximum atomic E-state index is 11.9. The van der Waals surface area contributed by atoms with Crippen LogP contribution in [-0.2, 0) is 17.8 Å². The summed E-state index contributed by atoms with van der Waals surface area (Å²) in [6, 6.07) is 0. The number of thiazole rings is 1. The Morgan fingerprint density at radius 2 is 2.18 bits per heavy atom. The van der Waals surface area contributed by atoms with Gasteiger partial charge in [0.05, 0.1) is 0 Å². The Labute approximate surface area is 137 Å². The van der Waals surface area contributed by atoms with E-state index in [0.717, 1.165) is 34.9 Å². The Hall–Kier alpha value is -1.54. The minimum Gasteiger partial charge on any atom is -0.303 e. The molecule has 1 N–H and O–H groups in total. The molecule has 0 aliphatic carbocycles. The first-order valence-corrected chi connectivity index (χ1v) is 9.07. The fourth-order valence-corrected chi connectivity index (χ4v) is 3.56. The molecule has 0 bridgehead atoms. The molecule has 22 heavy (non-hydrogen) atoms. The van der Waals surface area contributed by atoms with E-state index in [4.69, 9.17) is 0 Å². The Morgan fingerprint density at radius 3 is 2.86 bits per heavy atom. The van der Waals surface area contributed by atoms with Gasteiger partial charge in [-0.2, -0.15) is 0 Å². The van der Waals surface area contributed by atoms with E-state index >= 15 is 0 Å². The number of nitrogens with one attached hydrogen (secondary N) is 1. The molecule has 2 rings (SSSR count). The fraction of sp³-hybridized carbons (Fsp3) is 0.571. The van der Waals surface area contributed by atoms with E-state index in [0.29, 0.717) is 11.7 Å². The molecule has 0 unspecified atom stereocenters. The van der Waals surface area contributed by atoms with Crippen molar-refractivity contribution in [1.29, 1.82) is 0 Å². The van der Waals surface area contributed by atoms with Crippen molar-refractivity contribution >= 4 is 33.7 Å². The van der Waals surface area contributed by atoms with Crippen molar-refractivity contribution in [3.63, 3.8) is 0 Å². The number of amides is 1. The van der Waals surface area contributed by atoms with Gasteiger partial charge >= 0.3 is 4.87 Å². The van der Waals surface area contributed by atoms with E-state index in [-0.39, 0.29) is 17.2 Å². The molecule has 0 saturated heterocycles. The van der Waals surface area contributed by atoms with Gasteiger partial charge in [0.1, 0.15) is 5.01 Å². The third kappa shape index (κ3) is 4.74. The molecule has 0 spiro atoms. The first-order valence-electron chi connectivity index (χ1n) is 7.37. The van der Waals surface area contributed by atoms with Crippen molar-refractivity contribution < 1.29 is 4.79 Å². The van der Waals surface area contributed by atoms with Gasteiger partial charge in [-0.3, -0.25) is 9.59 Å². The lowest BCUT2D eigenvalue weighted by Crippen LogP contribution is -2.20. The predicted molar refractivity (Wildman–Crippen MR) is 89.7 cm³/mol. The first-order chi connectivity index (χ1) is 10.6. The second kappa shape index (κ2) is 8.19. The van der Waals surface area contributed by atoms with Crippen LogP contribution < -0.4 is 10.2 Å². The molecule has 2 heterocycles. The number of unbranched alkanes of at least 4 members (excludes halogenated alkanes) is 2. The number of hydrogen-bond acceptors (Lipinski definition) is 6. The van der Waals surface area contributed by atoms with E-state index in [1.54, 1.807) is 9.95 Å². The van der Waals surface area contributed by atoms with E-state index in [2.05, 4.69) is 22.4 Å². The normalized spacial score (nSPS) is 10.8. The molecule has 0 fully saturated rings. The van der Waals surface area contributed by atoms with Gasteiger partial charge in [-0.15, -0.1) is 10.2 Å². The molecule has 1 amide bonds. The zero-order chi connectivity index (χ0) is 15.9. The van der Waals surface area contributed by atoms with Crippen LogP contribution >= 0.6 is 22.7 Å². The zero-order valence-corrected chi connectivity index (χ0v) is 14.4. The molecule has 0 aliphatic heterocycles. The van der Waals surface area contributed by atoms with Crippen molar-refractivity contribution in [1.82, 2.24) is 14.8 Å². The minimum atomic E-state index is -0.145. The number of hydrogen-bond donors (Lipinski definition) is 1. The Morgan fingerprint density at radius 1 is 1.36 bits per heavy atom. The van der Waals surface area contributed by atoms with Crippen molar-refractivity contribution in [3.8, 4) is 0 Å². The number of carbonyl (C=O) groups is 1. The van der Waals surface area contributed by atoms with Gasteiger partial charge < -0.3 is 9.88 Å². The smallest absolute Gasteiger partial charge is 0.303 e. The number of rotatable bonds is 8. The van der Waals surface area contributed by atoms with Crippen molar-refractivity contribution in [2.24, 2.45) is 0 Å². The first kappa shape index (κ1) is 16.8. The molecular weight excluding hydrogens is 320 g/mol. The van der Waals surface area contributed by atoms with Crippen LogP contribution in [-0.4, -0.2) is 20.7 Å². The Balaban J connectivity index is 1.81. The maximum absolute atomic E-state index is 11.9. The molecule has 8 heteroatoms. The standard InChI is InChI=1S/C14H20N4O2S2/c1-3-4-5-6-12-16-17-13(22-12)15-11(19)7-8-18-10(2)9-21-14(18)20/h9H,3-8H2,1-2H3,(H,15,17,19). The van der Waals surface area contributed by atoms with Gasteiger partial charge in [0.2, 0.25) is 11.0 Å². The van der Waals surface area contributed by atoms with Gasteiger partial charge in [0.15, 0.2) is 0 Å². The van der Waals surface area contributed by atoms with E-state index in [9.17, 15) is 9.59 Å². The summed E-state index contributed by atoms with van der Waals surface area (Å²) in [7, 11) is 0. The number of anilines is 1. The summed E-state index contributed by atoms with van der Waals surface area (Å²) < 4.78 is 1.61. The van der Waals surface area contributed by atoms with Crippen molar-refractivity contribution in [2.75, 3.05) is 5.32 Å². The maximum Gasteiger partial charge on any atom is 0.307 e. The van der Waals surface area contributed by atoms with Crippen LogP contribution in [0.3, 0.4) is 0 Å².